The van der Waals surface area contributed by atoms with Gasteiger partial charge in [0.05, 0.1) is 31.5 Å². The van der Waals surface area contributed by atoms with Crippen LogP contribution in [0.5, 0.6) is 0 Å². The molecule has 0 unspecified atom stereocenters. The first kappa shape index (κ1) is 21.6. The summed E-state index contributed by atoms with van der Waals surface area (Å²) in [6.45, 7) is 5.09. The van der Waals surface area contributed by atoms with Gasteiger partial charge in [0.25, 0.3) is 0 Å². The second-order valence-electron chi connectivity index (χ2n) is 9.53. The minimum atomic E-state index is -1.04. The molecule has 2 saturated carbocycles. The van der Waals surface area contributed by atoms with E-state index >= 15 is 0 Å². The van der Waals surface area contributed by atoms with Gasteiger partial charge in [-0.2, -0.15) is 0 Å². The Morgan fingerprint density at radius 3 is 2.55 bits per heavy atom. The summed E-state index contributed by atoms with van der Waals surface area (Å²) in [6, 6.07) is 1.74. The number of furan rings is 1. The molecule has 2 heterocycles. The number of rotatable bonds is 3. The van der Waals surface area contributed by atoms with Crippen molar-refractivity contribution in [2.24, 2.45) is 28.6 Å². The number of ether oxygens (including phenoxy) is 3. The van der Waals surface area contributed by atoms with Crippen LogP contribution >= 0.6 is 0 Å². The number of cyclic esters (lactones) is 1. The molecule has 3 fully saturated rings. The molecule has 0 bridgehead atoms. The van der Waals surface area contributed by atoms with Crippen LogP contribution in [0, 0.1) is 28.6 Å². The van der Waals surface area contributed by atoms with Crippen LogP contribution in [0.15, 0.2) is 23.0 Å². The van der Waals surface area contributed by atoms with E-state index in [9.17, 15) is 19.2 Å². The Morgan fingerprint density at radius 2 is 1.94 bits per heavy atom. The number of esters is 3. The molecule has 1 aromatic heterocycles. The second-order valence-corrected chi connectivity index (χ2v) is 9.53. The maximum absolute atomic E-state index is 13.7. The van der Waals surface area contributed by atoms with Gasteiger partial charge < -0.3 is 18.6 Å². The number of methoxy groups -OCH3 is 1. The molecule has 168 valence electrons. The maximum atomic E-state index is 13.7. The second kappa shape index (κ2) is 7.50. The number of carbonyl (C=O) groups is 4. The van der Waals surface area contributed by atoms with Gasteiger partial charge in [0.15, 0.2) is 11.9 Å². The highest BCUT2D eigenvalue weighted by atomic mass is 16.6. The third-order valence-electron chi connectivity index (χ3n) is 7.81. The first-order chi connectivity index (χ1) is 14.6. The van der Waals surface area contributed by atoms with Gasteiger partial charge in [-0.1, -0.05) is 13.8 Å². The SMILES string of the molecule is COC(=O)[C@@H]1C[C@@H](OC(C)=O)C(=O)[C@H]2[C@@]1(C)CC[C@H]1C(=O)O[C@H](c3ccoc3)C[C@]21C. The molecule has 1 aromatic rings. The molecule has 8 heteroatoms. The molecule has 0 amide bonds. The summed E-state index contributed by atoms with van der Waals surface area (Å²) in [5.41, 5.74) is -0.763. The number of carbonyl (C=O) groups excluding carboxylic acids is 4. The lowest BCUT2D eigenvalue weighted by atomic mass is 9.43. The summed E-state index contributed by atoms with van der Waals surface area (Å²) in [4.78, 5) is 51.2. The van der Waals surface area contributed by atoms with Gasteiger partial charge in [0, 0.05) is 24.8 Å². The van der Waals surface area contributed by atoms with Crippen molar-refractivity contribution < 1.29 is 37.8 Å². The Hall–Kier alpha value is -2.64. The van der Waals surface area contributed by atoms with Gasteiger partial charge in [0.1, 0.15) is 6.10 Å². The predicted molar refractivity (Wildman–Crippen MR) is 105 cm³/mol. The zero-order valence-electron chi connectivity index (χ0n) is 18.2. The van der Waals surface area contributed by atoms with Crippen LogP contribution < -0.4 is 0 Å². The highest BCUT2D eigenvalue weighted by molar-refractivity contribution is 5.93. The molecule has 1 saturated heterocycles. The van der Waals surface area contributed by atoms with Crippen LogP contribution in [-0.2, 0) is 33.4 Å². The molecule has 0 radical (unpaired) electrons. The number of hydrogen-bond acceptors (Lipinski definition) is 8. The molecule has 4 rings (SSSR count). The van der Waals surface area contributed by atoms with Crippen molar-refractivity contribution in [1.82, 2.24) is 0 Å². The number of hydrogen-bond donors (Lipinski definition) is 0. The van der Waals surface area contributed by atoms with E-state index in [4.69, 9.17) is 18.6 Å². The minimum absolute atomic E-state index is 0.0917. The normalized spacial score (nSPS) is 39.7. The van der Waals surface area contributed by atoms with Crippen molar-refractivity contribution in [2.45, 2.75) is 58.7 Å². The molecular formula is C23H28O8. The molecule has 0 aromatic carbocycles. The van der Waals surface area contributed by atoms with E-state index in [1.54, 1.807) is 6.07 Å². The van der Waals surface area contributed by atoms with Gasteiger partial charge in [-0.3, -0.25) is 19.2 Å². The van der Waals surface area contributed by atoms with E-state index < -0.39 is 52.7 Å². The third-order valence-corrected chi connectivity index (χ3v) is 7.81. The van der Waals surface area contributed by atoms with Crippen molar-refractivity contribution >= 4 is 23.7 Å². The number of Topliss-reactive ketones (excluding diaryl/α,β-unsaturated/α-hetero) is 1. The van der Waals surface area contributed by atoms with E-state index in [0.29, 0.717) is 19.3 Å². The van der Waals surface area contributed by atoms with Crippen molar-refractivity contribution in [3.63, 3.8) is 0 Å². The summed E-state index contributed by atoms with van der Waals surface area (Å²) in [6.07, 6.45) is 2.98. The largest absolute Gasteiger partial charge is 0.472 e. The first-order valence-corrected chi connectivity index (χ1v) is 10.6. The Kier molecular flexibility index (Phi) is 5.22. The summed E-state index contributed by atoms with van der Waals surface area (Å²) >= 11 is 0. The molecule has 1 aliphatic heterocycles. The molecule has 31 heavy (non-hydrogen) atoms. The Morgan fingerprint density at radius 1 is 1.19 bits per heavy atom. The first-order valence-electron chi connectivity index (χ1n) is 10.6. The lowest BCUT2D eigenvalue weighted by Crippen LogP contribution is -2.64. The van der Waals surface area contributed by atoms with E-state index in [0.717, 1.165) is 5.56 Å². The molecule has 0 N–H and O–H groups in total. The number of fused-ring (bicyclic) bond motifs is 3. The van der Waals surface area contributed by atoms with Gasteiger partial charge in [-0.05, 0) is 36.2 Å². The smallest absolute Gasteiger partial charge is 0.310 e. The van der Waals surface area contributed by atoms with Crippen LogP contribution in [0.4, 0.5) is 0 Å². The standard InChI is InChI=1S/C23H28O8/c1-12(24)30-16-9-15(20(26)28-4)22(2)7-5-14-21(27)31-17(13-6-8-29-11-13)10-23(14,3)19(22)18(16)25/h6,8,11,14-17,19H,5,7,9-10H2,1-4H3/t14-,15-,16+,17-,19-,22-,23-/m0/s1. The van der Waals surface area contributed by atoms with Crippen LogP contribution in [0.25, 0.3) is 0 Å². The quantitative estimate of drug-likeness (QED) is 0.530. The zero-order chi connectivity index (χ0) is 22.6. The molecule has 3 aliphatic rings. The average molecular weight is 432 g/mol. The fourth-order valence-electron chi connectivity index (χ4n) is 6.46. The van der Waals surface area contributed by atoms with Crippen molar-refractivity contribution in [1.29, 1.82) is 0 Å². The minimum Gasteiger partial charge on any atom is -0.472 e. The van der Waals surface area contributed by atoms with E-state index in [2.05, 4.69) is 0 Å². The van der Waals surface area contributed by atoms with Crippen LogP contribution in [0.2, 0.25) is 0 Å². The predicted octanol–water partition coefficient (Wildman–Crippen LogP) is 3.00. The molecule has 8 nitrogen and oxygen atoms in total. The fraction of sp³-hybridized carbons (Fsp3) is 0.652. The third kappa shape index (κ3) is 3.27. The van der Waals surface area contributed by atoms with Crippen molar-refractivity contribution in [2.75, 3.05) is 7.11 Å². The Labute approximate surface area is 180 Å². The molecule has 2 aliphatic carbocycles. The molecular weight excluding hydrogens is 404 g/mol. The van der Waals surface area contributed by atoms with E-state index in [1.165, 1.54) is 26.6 Å². The number of ketones is 1. The van der Waals surface area contributed by atoms with Crippen molar-refractivity contribution in [3.05, 3.63) is 24.2 Å². The van der Waals surface area contributed by atoms with Gasteiger partial charge in [0.2, 0.25) is 0 Å². The maximum Gasteiger partial charge on any atom is 0.310 e. The summed E-state index contributed by atoms with van der Waals surface area (Å²) in [5.74, 6) is -3.35. The van der Waals surface area contributed by atoms with Crippen molar-refractivity contribution in [3.8, 4) is 0 Å². The zero-order valence-corrected chi connectivity index (χ0v) is 18.2. The van der Waals surface area contributed by atoms with E-state index in [-0.39, 0.29) is 18.2 Å². The van der Waals surface area contributed by atoms with Crippen LogP contribution in [0.3, 0.4) is 0 Å². The van der Waals surface area contributed by atoms with E-state index in [1.807, 2.05) is 13.8 Å². The molecule has 0 spiro atoms. The Bertz CT molecular complexity index is 905. The summed E-state index contributed by atoms with van der Waals surface area (Å²) in [5, 5.41) is 0. The van der Waals surface area contributed by atoms with Crippen LogP contribution in [-0.4, -0.2) is 36.9 Å². The molecule has 7 atom stereocenters. The van der Waals surface area contributed by atoms with Crippen LogP contribution in [0.1, 0.15) is 58.1 Å². The van der Waals surface area contributed by atoms with Gasteiger partial charge >= 0.3 is 17.9 Å². The summed E-state index contributed by atoms with van der Waals surface area (Å²) in [7, 11) is 1.32. The highest BCUT2D eigenvalue weighted by Crippen LogP contribution is 2.65. The fourth-order valence-corrected chi connectivity index (χ4v) is 6.46. The topological polar surface area (TPSA) is 109 Å². The lowest BCUT2D eigenvalue weighted by molar-refractivity contribution is -0.210. The Balaban J connectivity index is 1.80. The average Bonchev–Trinajstić information content (AvgIpc) is 3.23. The monoisotopic (exact) mass is 432 g/mol. The van der Waals surface area contributed by atoms with Gasteiger partial charge in [-0.25, -0.2) is 0 Å². The summed E-state index contributed by atoms with van der Waals surface area (Å²) < 4.78 is 21.3. The highest BCUT2D eigenvalue weighted by Gasteiger charge is 2.67. The lowest BCUT2D eigenvalue weighted by Gasteiger charge is -2.60. The van der Waals surface area contributed by atoms with Gasteiger partial charge in [-0.15, -0.1) is 0 Å².